The summed E-state index contributed by atoms with van der Waals surface area (Å²) >= 11 is 0. The molecule has 1 fully saturated rings. The minimum Gasteiger partial charge on any atom is -0.462 e. The summed E-state index contributed by atoms with van der Waals surface area (Å²) in [6.45, 7) is 2.16. The molecule has 3 N–H and O–H groups in total. The highest BCUT2D eigenvalue weighted by Crippen LogP contribution is 2.43. The first-order valence-electron chi connectivity index (χ1n) is 21.7. The Labute approximate surface area is 349 Å². The van der Waals surface area contributed by atoms with Gasteiger partial charge in [-0.3, -0.25) is 18.6 Å². The first kappa shape index (κ1) is 53.1. The number of aliphatic hydroxyl groups is 2. The number of phosphoric ester groups is 1. The molecule has 3 unspecified atom stereocenters. The van der Waals surface area contributed by atoms with Crippen molar-refractivity contribution in [2.45, 2.75) is 167 Å². The number of carbonyl (C=O) groups is 2. The van der Waals surface area contributed by atoms with Crippen LogP contribution in [0.3, 0.4) is 0 Å². The number of carbonyl (C=O) groups excluding carboxylic acids is 2. The molecule has 0 aliphatic carbocycles. The zero-order valence-corrected chi connectivity index (χ0v) is 36.3. The lowest BCUT2D eigenvalue weighted by atomic mass is 10.1. The van der Waals surface area contributed by atoms with Gasteiger partial charge in [0.15, 0.2) is 6.10 Å². The van der Waals surface area contributed by atoms with Crippen molar-refractivity contribution in [3.05, 3.63) is 85.1 Å². The van der Waals surface area contributed by atoms with Crippen LogP contribution in [0.5, 0.6) is 0 Å². The second kappa shape index (κ2) is 37.1. The molecule has 0 saturated carbocycles. The molecule has 0 radical (unpaired) electrons. The van der Waals surface area contributed by atoms with Gasteiger partial charge < -0.3 is 29.3 Å². The van der Waals surface area contributed by atoms with Crippen LogP contribution in [0.2, 0.25) is 0 Å². The Morgan fingerprint density at radius 3 is 1.66 bits per heavy atom. The van der Waals surface area contributed by atoms with Gasteiger partial charge in [-0.25, -0.2) is 4.57 Å². The summed E-state index contributed by atoms with van der Waals surface area (Å²) in [5.74, 6) is -1.07. The number of rotatable bonds is 38. The van der Waals surface area contributed by atoms with Crippen molar-refractivity contribution in [1.82, 2.24) is 0 Å². The number of allylic oxidation sites excluding steroid dienone is 13. The Hall–Kier alpha value is -2.89. The van der Waals surface area contributed by atoms with Crippen LogP contribution in [0.1, 0.15) is 142 Å². The van der Waals surface area contributed by atoms with Crippen molar-refractivity contribution in [1.29, 1.82) is 0 Å². The SMILES string of the molecule is CCCCC/C=C\C/C=C\C/C=C\C/C=C\CCCC(=O)OC[C@H](COP(=O)(O)OC[C@@H](O)CO)OC(=O)CCC/C=C\C/C=C\C/C=C\CC1OC1CCCCC. The smallest absolute Gasteiger partial charge is 0.462 e. The number of epoxide rings is 1. The van der Waals surface area contributed by atoms with Gasteiger partial charge in [0.2, 0.25) is 0 Å². The molecule has 0 spiro atoms. The minimum atomic E-state index is -4.65. The highest BCUT2D eigenvalue weighted by atomic mass is 31.2. The molecular weight excluding hydrogens is 759 g/mol. The summed E-state index contributed by atoms with van der Waals surface area (Å²) in [6.07, 6.45) is 45.9. The monoisotopic (exact) mass is 835 g/mol. The predicted molar refractivity (Wildman–Crippen MR) is 232 cm³/mol. The van der Waals surface area contributed by atoms with E-state index in [1.165, 1.54) is 44.9 Å². The van der Waals surface area contributed by atoms with E-state index in [0.29, 0.717) is 37.9 Å². The molecule has 11 nitrogen and oxygen atoms in total. The van der Waals surface area contributed by atoms with Crippen molar-refractivity contribution < 1.29 is 52.5 Å². The summed E-state index contributed by atoms with van der Waals surface area (Å²) in [5, 5.41) is 18.3. The largest absolute Gasteiger partial charge is 0.472 e. The van der Waals surface area contributed by atoms with Crippen LogP contribution in [0.15, 0.2) is 85.1 Å². The Kier molecular flexibility index (Phi) is 34.0. The molecule has 0 aromatic carbocycles. The normalized spacial score (nSPS) is 18.2. The van der Waals surface area contributed by atoms with Gasteiger partial charge in [-0.05, 0) is 83.5 Å². The van der Waals surface area contributed by atoms with E-state index in [2.05, 4.69) is 85.2 Å². The van der Waals surface area contributed by atoms with Crippen LogP contribution >= 0.6 is 7.82 Å². The third kappa shape index (κ3) is 34.0. The van der Waals surface area contributed by atoms with Crippen molar-refractivity contribution in [2.75, 3.05) is 26.4 Å². The molecule has 0 bridgehead atoms. The van der Waals surface area contributed by atoms with E-state index in [4.69, 9.17) is 23.8 Å². The topological polar surface area (TPSA) is 161 Å². The highest BCUT2D eigenvalue weighted by Gasteiger charge is 2.36. The molecule has 0 aromatic rings. The van der Waals surface area contributed by atoms with E-state index < -0.39 is 51.8 Å². The lowest BCUT2D eigenvalue weighted by Gasteiger charge is -2.20. The van der Waals surface area contributed by atoms with E-state index in [1.54, 1.807) is 0 Å². The first-order valence-corrected chi connectivity index (χ1v) is 23.2. The number of aliphatic hydroxyl groups excluding tert-OH is 2. The maximum Gasteiger partial charge on any atom is 0.472 e. The van der Waals surface area contributed by atoms with E-state index in [9.17, 15) is 24.2 Å². The van der Waals surface area contributed by atoms with Crippen molar-refractivity contribution >= 4 is 19.8 Å². The number of unbranched alkanes of at least 4 members (excludes halogenated alkanes) is 7. The summed E-state index contributed by atoms with van der Waals surface area (Å²) < 4.78 is 38.3. The first-order chi connectivity index (χ1) is 28.2. The molecule has 1 saturated heterocycles. The quantitative estimate of drug-likeness (QED) is 0.0178. The third-order valence-electron chi connectivity index (χ3n) is 8.95. The zero-order chi connectivity index (χ0) is 42.4. The number of esters is 2. The fourth-order valence-electron chi connectivity index (χ4n) is 5.48. The second-order valence-electron chi connectivity index (χ2n) is 14.4. The predicted octanol–water partition coefficient (Wildman–Crippen LogP) is 10.4. The van der Waals surface area contributed by atoms with Crippen LogP contribution in [0.25, 0.3) is 0 Å². The van der Waals surface area contributed by atoms with Crippen LogP contribution in [0, 0.1) is 0 Å². The van der Waals surface area contributed by atoms with Crippen LogP contribution in [-0.4, -0.2) is 77.9 Å². The van der Waals surface area contributed by atoms with E-state index in [-0.39, 0.29) is 19.4 Å². The van der Waals surface area contributed by atoms with Gasteiger partial charge in [0, 0.05) is 12.8 Å². The molecule has 58 heavy (non-hydrogen) atoms. The van der Waals surface area contributed by atoms with Gasteiger partial charge >= 0.3 is 19.8 Å². The molecule has 5 atom stereocenters. The van der Waals surface area contributed by atoms with Crippen LogP contribution < -0.4 is 0 Å². The van der Waals surface area contributed by atoms with Gasteiger partial charge in [-0.2, -0.15) is 0 Å². The molecule has 1 heterocycles. The van der Waals surface area contributed by atoms with Crippen molar-refractivity contribution in [3.8, 4) is 0 Å². The minimum absolute atomic E-state index is 0.0879. The average Bonchev–Trinajstić information content (AvgIpc) is 3.97. The van der Waals surface area contributed by atoms with Crippen molar-refractivity contribution in [2.24, 2.45) is 0 Å². The zero-order valence-electron chi connectivity index (χ0n) is 35.4. The molecular formula is C46H75O11P. The van der Waals surface area contributed by atoms with Gasteiger partial charge in [0.1, 0.15) is 12.7 Å². The molecule has 1 aliphatic heterocycles. The molecule has 12 heteroatoms. The number of phosphoric acid groups is 1. The second-order valence-corrected chi connectivity index (χ2v) is 15.8. The van der Waals surface area contributed by atoms with Gasteiger partial charge in [0.05, 0.1) is 32.0 Å². The van der Waals surface area contributed by atoms with E-state index in [0.717, 1.165) is 44.9 Å². The van der Waals surface area contributed by atoms with Gasteiger partial charge in [-0.15, -0.1) is 0 Å². The maximum atomic E-state index is 12.6. The molecule has 0 amide bonds. The lowest BCUT2D eigenvalue weighted by molar-refractivity contribution is -0.161. The van der Waals surface area contributed by atoms with E-state index >= 15 is 0 Å². The van der Waals surface area contributed by atoms with E-state index in [1.807, 2.05) is 18.2 Å². The Morgan fingerprint density at radius 1 is 0.621 bits per heavy atom. The maximum absolute atomic E-state index is 12.6. The molecule has 0 aromatic heterocycles. The van der Waals surface area contributed by atoms with Crippen LogP contribution in [0.4, 0.5) is 0 Å². The molecule has 1 aliphatic rings. The standard InChI is InChI=1S/C46H75O11P/c1-3-5-7-8-9-10-11-12-13-14-15-16-17-21-24-27-31-35-45(49)53-39-42(40-55-58(51,52)54-38-41(48)37-47)56-46(50)36-32-28-25-22-19-18-20-23-26-30-34-44-43(57-44)33-29-6-4-2/h9-10,12-13,15-16,18,20-22,24-26,30,41-44,47-48H,3-8,11,14,17,19,23,27-29,31-40H2,1-2H3,(H,51,52)/b10-9-,13-12-,16-15-,20-18-,24-21-,25-22-,30-26-/t41-,42+,43?,44?/m0/s1. The van der Waals surface area contributed by atoms with Crippen LogP contribution in [-0.2, 0) is 37.4 Å². The summed E-state index contributed by atoms with van der Waals surface area (Å²) in [4.78, 5) is 35.0. The lowest BCUT2D eigenvalue weighted by Crippen LogP contribution is -2.29. The Balaban J connectivity index is 2.34. The summed E-state index contributed by atoms with van der Waals surface area (Å²) in [6, 6.07) is 0. The fourth-order valence-corrected chi connectivity index (χ4v) is 6.27. The average molecular weight is 835 g/mol. The van der Waals surface area contributed by atoms with Gasteiger partial charge in [0.25, 0.3) is 0 Å². The fraction of sp³-hybridized carbons (Fsp3) is 0.652. The number of hydrogen-bond donors (Lipinski definition) is 3. The Morgan fingerprint density at radius 2 is 1.10 bits per heavy atom. The van der Waals surface area contributed by atoms with Gasteiger partial charge in [-0.1, -0.05) is 131 Å². The summed E-state index contributed by atoms with van der Waals surface area (Å²) in [7, 11) is -4.65. The Bertz CT molecular complexity index is 1300. The highest BCUT2D eigenvalue weighted by molar-refractivity contribution is 7.47. The van der Waals surface area contributed by atoms with Crippen molar-refractivity contribution in [3.63, 3.8) is 0 Å². The third-order valence-corrected chi connectivity index (χ3v) is 9.90. The number of hydrogen-bond acceptors (Lipinski definition) is 10. The molecule has 330 valence electrons. The number of ether oxygens (including phenoxy) is 3. The molecule has 1 rings (SSSR count). The summed E-state index contributed by atoms with van der Waals surface area (Å²) in [5.41, 5.74) is 0.